The lowest BCUT2D eigenvalue weighted by molar-refractivity contribution is 0.0951. The Balaban J connectivity index is 2.00. The largest absolute Gasteiger partial charge is 0.370 e. The number of amides is 1. The summed E-state index contributed by atoms with van der Waals surface area (Å²) in [5, 5.41) is 8.05. The second-order valence-electron chi connectivity index (χ2n) is 4.17. The number of aromatic nitrogens is 1. The van der Waals surface area contributed by atoms with Gasteiger partial charge in [-0.1, -0.05) is 0 Å². The molecule has 0 aliphatic heterocycles. The Bertz CT molecular complexity index is 565. The fourth-order valence-corrected chi connectivity index (χ4v) is 2.54. The van der Waals surface area contributed by atoms with Gasteiger partial charge in [0.1, 0.15) is 5.82 Å². The van der Waals surface area contributed by atoms with Crippen LogP contribution in [0, 0.1) is 6.92 Å². The summed E-state index contributed by atoms with van der Waals surface area (Å²) < 4.78 is 0. The van der Waals surface area contributed by atoms with E-state index in [1.807, 2.05) is 19.2 Å². The fraction of sp³-hybridized carbons (Fsp3) is 0.286. The number of hydrogen-bond donors (Lipinski definition) is 2. The Morgan fingerprint density at radius 2 is 2.26 bits per heavy atom. The zero-order chi connectivity index (χ0) is 13.7. The summed E-state index contributed by atoms with van der Waals surface area (Å²) in [5.74, 6) is 0.650. The van der Waals surface area contributed by atoms with Crippen molar-refractivity contribution in [1.29, 1.82) is 0 Å². The van der Waals surface area contributed by atoms with E-state index in [1.54, 1.807) is 29.7 Å². The number of carbonyl (C=O) groups excluding carboxylic acids is 1. The van der Waals surface area contributed by atoms with Gasteiger partial charge in [0.2, 0.25) is 0 Å². The van der Waals surface area contributed by atoms with Gasteiger partial charge >= 0.3 is 0 Å². The molecule has 2 heterocycles. The van der Waals surface area contributed by atoms with E-state index in [0.717, 1.165) is 12.4 Å². The molecule has 0 aromatic carbocycles. The Labute approximate surface area is 116 Å². The maximum atomic E-state index is 12.0. The molecule has 0 atom stereocenters. The lowest BCUT2D eigenvalue weighted by Gasteiger charge is -2.07. The molecular weight excluding hydrogens is 258 g/mol. The molecule has 2 aromatic heterocycles. The van der Waals surface area contributed by atoms with Gasteiger partial charge in [-0.25, -0.2) is 4.98 Å². The minimum absolute atomic E-state index is 0.0747. The van der Waals surface area contributed by atoms with Crippen molar-refractivity contribution in [2.24, 2.45) is 0 Å². The standard InChI is InChI=1S/C14H17N3OS/c1-3-15-13-8-11(4-6-16-13)14(18)17-9-12-10(2)5-7-19-12/h4-8H,3,9H2,1-2H3,(H,15,16)(H,17,18). The van der Waals surface area contributed by atoms with Crippen LogP contribution in [0.5, 0.6) is 0 Å². The lowest BCUT2D eigenvalue weighted by Crippen LogP contribution is -2.22. The SMILES string of the molecule is CCNc1cc(C(=O)NCc2sccc2C)ccn1. The normalized spacial score (nSPS) is 10.2. The number of nitrogens with zero attached hydrogens (tertiary/aromatic N) is 1. The van der Waals surface area contributed by atoms with E-state index in [1.165, 1.54) is 10.4 Å². The maximum Gasteiger partial charge on any atom is 0.251 e. The summed E-state index contributed by atoms with van der Waals surface area (Å²) in [6.45, 7) is 5.40. The van der Waals surface area contributed by atoms with E-state index in [0.29, 0.717) is 12.1 Å². The van der Waals surface area contributed by atoms with Crippen LogP contribution in [-0.4, -0.2) is 17.4 Å². The quantitative estimate of drug-likeness (QED) is 0.882. The third-order valence-corrected chi connectivity index (χ3v) is 3.78. The molecule has 0 aliphatic carbocycles. The topological polar surface area (TPSA) is 54.0 Å². The summed E-state index contributed by atoms with van der Waals surface area (Å²) in [7, 11) is 0. The number of nitrogens with one attached hydrogen (secondary N) is 2. The minimum Gasteiger partial charge on any atom is -0.370 e. The van der Waals surface area contributed by atoms with Crippen LogP contribution in [-0.2, 0) is 6.54 Å². The highest BCUT2D eigenvalue weighted by Crippen LogP contribution is 2.15. The second-order valence-corrected chi connectivity index (χ2v) is 5.17. The summed E-state index contributed by atoms with van der Waals surface area (Å²) in [6.07, 6.45) is 1.64. The molecule has 0 fully saturated rings. The van der Waals surface area contributed by atoms with Crippen molar-refractivity contribution in [2.75, 3.05) is 11.9 Å². The van der Waals surface area contributed by atoms with Gasteiger partial charge in [0.15, 0.2) is 0 Å². The number of anilines is 1. The predicted octanol–water partition coefficient (Wildman–Crippen LogP) is 2.81. The second kappa shape index (κ2) is 6.33. The van der Waals surface area contributed by atoms with Gasteiger partial charge < -0.3 is 10.6 Å². The molecule has 2 aromatic rings. The van der Waals surface area contributed by atoms with E-state index in [-0.39, 0.29) is 5.91 Å². The number of pyridine rings is 1. The summed E-state index contributed by atoms with van der Waals surface area (Å²) >= 11 is 1.66. The Morgan fingerprint density at radius 3 is 2.95 bits per heavy atom. The van der Waals surface area contributed by atoms with Crippen LogP contribution >= 0.6 is 11.3 Å². The number of rotatable bonds is 5. The Hall–Kier alpha value is -1.88. The Morgan fingerprint density at radius 1 is 1.42 bits per heavy atom. The zero-order valence-electron chi connectivity index (χ0n) is 11.1. The van der Waals surface area contributed by atoms with Gasteiger partial charge in [0, 0.05) is 23.2 Å². The highest BCUT2D eigenvalue weighted by Gasteiger charge is 2.07. The van der Waals surface area contributed by atoms with Crippen molar-refractivity contribution in [3.8, 4) is 0 Å². The molecule has 0 bridgehead atoms. The number of carbonyl (C=O) groups is 1. The van der Waals surface area contributed by atoms with Gasteiger partial charge in [-0.05, 0) is 43.0 Å². The maximum absolute atomic E-state index is 12.0. The number of thiophene rings is 1. The van der Waals surface area contributed by atoms with Crippen molar-refractivity contribution < 1.29 is 4.79 Å². The van der Waals surface area contributed by atoms with E-state index < -0.39 is 0 Å². The average Bonchev–Trinajstić information content (AvgIpc) is 2.82. The highest BCUT2D eigenvalue weighted by atomic mass is 32.1. The molecule has 0 saturated carbocycles. The summed E-state index contributed by atoms with van der Waals surface area (Å²) in [4.78, 5) is 17.4. The monoisotopic (exact) mass is 275 g/mol. The molecule has 1 amide bonds. The van der Waals surface area contributed by atoms with Crippen LogP contribution in [0.15, 0.2) is 29.8 Å². The van der Waals surface area contributed by atoms with Crippen molar-refractivity contribution >= 4 is 23.1 Å². The number of aryl methyl sites for hydroxylation is 1. The van der Waals surface area contributed by atoms with Gasteiger partial charge in [-0.15, -0.1) is 11.3 Å². The summed E-state index contributed by atoms with van der Waals surface area (Å²) in [6, 6.07) is 5.54. The van der Waals surface area contributed by atoms with Crippen molar-refractivity contribution in [2.45, 2.75) is 20.4 Å². The van der Waals surface area contributed by atoms with Crippen LogP contribution < -0.4 is 10.6 Å². The molecule has 0 unspecified atom stereocenters. The molecule has 0 radical (unpaired) electrons. The molecule has 0 spiro atoms. The first-order valence-corrected chi connectivity index (χ1v) is 7.09. The lowest BCUT2D eigenvalue weighted by atomic mass is 10.2. The fourth-order valence-electron chi connectivity index (χ4n) is 1.70. The third kappa shape index (κ3) is 3.54. The smallest absolute Gasteiger partial charge is 0.251 e. The van der Waals surface area contributed by atoms with Crippen LogP contribution in [0.1, 0.15) is 27.7 Å². The van der Waals surface area contributed by atoms with Gasteiger partial charge in [0.25, 0.3) is 5.91 Å². The van der Waals surface area contributed by atoms with Crippen LogP contribution in [0.25, 0.3) is 0 Å². The zero-order valence-corrected chi connectivity index (χ0v) is 11.9. The molecule has 5 heteroatoms. The van der Waals surface area contributed by atoms with Gasteiger partial charge in [0.05, 0.1) is 6.54 Å². The van der Waals surface area contributed by atoms with E-state index in [4.69, 9.17) is 0 Å². The molecule has 0 aliphatic rings. The van der Waals surface area contributed by atoms with Crippen molar-refractivity contribution in [3.05, 3.63) is 45.8 Å². The molecule has 100 valence electrons. The molecule has 19 heavy (non-hydrogen) atoms. The van der Waals surface area contributed by atoms with Crippen LogP contribution in [0.4, 0.5) is 5.82 Å². The van der Waals surface area contributed by atoms with Crippen LogP contribution in [0.2, 0.25) is 0 Å². The van der Waals surface area contributed by atoms with Crippen molar-refractivity contribution in [1.82, 2.24) is 10.3 Å². The van der Waals surface area contributed by atoms with Crippen LogP contribution in [0.3, 0.4) is 0 Å². The van der Waals surface area contributed by atoms with Crippen molar-refractivity contribution in [3.63, 3.8) is 0 Å². The number of hydrogen-bond acceptors (Lipinski definition) is 4. The molecule has 4 nitrogen and oxygen atoms in total. The van der Waals surface area contributed by atoms with Gasteiger partial charge in [-0.2, -0.15) is 0 Å². The Kier molecular flexibility index (Phi) is 4.52. The average molecular weight is 275 g/mol. The third-order valence-electron chi connectivity index (χ3n) is 2.76. The van der Waals surface area contributed by atoms with E-state index >= 15 is 0 Å². The molecular formula is C14H17N3OS. The molecule has 2 N–H and O–H groups in total. The predicted molar refractivity (Wildman–Crippen MR) is 78.6 cm³/mol. The highest BCUT2D eigenvalue weighted by molar-refractivity contribution is 7.10. The van der Waals surface area contributed by atoms with E-state index in [9.17, 15) is 4.79 Å². The first kappa shape index (κ1) is 13.5. The molecule has 0 saturated heterocycles. The molecule has 2 rings (SSSR count). The first-order valence-electron chi connectivity index (χ1n) is 6.21. The minimum atomic E-state index is -0.0747. The summed E-state index contributed by atoms with van der Waals surface area (Å²) in [5.41, 5.74) is 1.84. The first-order chi connectivity index (χ1) is 9.20. The van der Waals surface area contributed by atoms with Gasteiger partial charge in [-0.3, -0.25) is 4.79 Å². The van der Waals surface area contributed by atoms with E-state index in [2.05, 4.69) is 21.7 Å².